The highest BCUT2D eigenvalue weighted by Gasteiger charge is 2.23. The van der Waals surface area contributed by atoms with Gasteiger partial charge in [0, 0.05) is 18.2 Å². The van der Waals surface area contributed by atoms with E-state index in [4.69, 9.17) is 0 Å². The van der Waals surface area contributed by atoms with Crippen molar-refractivity contribution in [2.45, 2.75) is 58.1 Å². The van der Waals surface area contributed by atoms with Crippen LogP contribution in [0, 0.1) is 0 Å². The monoisotopic (exact) mass is 318 g/mol. The highest BCUT2D eigenvalue weighted by Crippen LogP contribution is 2.16. The van der Waals surface area contributed by atoms with Gasteiger partial charge in [-0.25, -0.2) is 0 Å². The van der Waals surface area contributed by atoms with E-state index in [1.54, 1.807) is 0 Å². The topological polar surface area (TPSA) is 52.6 Å². The molecular formula is C19H30N2O2. The summed E-state index contributed by atoms with van der Waals surface area (Å²) in [5.41, 5.74) is 1.12. The molecule has 1 aliphatic heterocycles. The summed E-state index contributed by atoms with van der Waals surface area (Å²) in [6.45, 7) is 8.71. The summed E-state index contributed by atoms with van der Waals surface area (Å²) in [5.74, 6) is -0.00179. The Kier molecular flexibility index (Phi) is 6.19. The average Bonchev–Trinajstić information content (AvgIpc) is 2.97. The quantitative estimate of drug-likeness (QED) is 0.812. The second-order valence-electron chi connectivity index (χ2n) is 7.15. The highest BCUT2D eigenvalue weighted by atomic mass is 16.3. The van der Waals surface area contributed by atoms with Crippen LogP contribution in [-0.4, -0.2) is 47.2 Å². The Morgan fingerprint density at radius 2 is 2.22 bits per heavy atom. The van der Waals surface area contributed by atoms with Gasteiger partial charge in [0.1, 0.15) is 0 Å². The predicted molar refractivity (Wildman–Crippen MR) is 93.7 cm³/mol. The summed E-state index contributed by atoms with van der Waals surface area (Å²) in [6, 6.07) is 8.20. The molecule has 1 saturated heterocycles. The number of aryl methyl sites for hydroxylation is 1. The van der Waals surface area contributed by atoms with Crippen molar-refractivity contribution >= 4 is 5.91 Å². The third kappa shape index (κ3) is 5.63. The number of likely N-dealkylation sites (tertiary alicyclic amines) is 1. The van der Waals surface area contributed by atoms with E-state index in [1.807, 2.05) is 38.1 Å². The minimum absolute atomic E-state index is 0.00179. The fourth-order valence-corrected chi connectivity index (χ4v) is 3.17. The first kappa shape index (κ1) is 18.0. The predicted octanol–water partition coefficient (Wildman–Crippen LogP) is 2.60. The lowest BCUT2D eigenvalue weighted by Crippen LogP contribution is -2.40. The van der Waals surface area contributed by atoms with Gasteiger partial charge in [0.15, 0.2) is 0 Å². The first-order chi connectivity index (χ1) is 10.9. The first-order valence-corrected chi connectivity index (χ1v) is 8.72. The van der Waals surface area contributed by atoms with E-state index in [0.717, 1.165) is 31.6 Å². The molecule has 4 nitrogen and oxygen atoms in total. The van der Waals surface area contributed by atoms with E-state index in [2.05, 4.69) is 17.1 Å². The summed E-state index contributed by atoms with van der Waals surface area (Å²) in [4.78, 5) is 14.8. The van der Waals surface area contributed by atoms with E-state index in [9.17, 15) is 9.90 Å². The number of carbonyl (C=O) groups excluding carboxylic acids is 1. The number of hydrogen-bond acceptors (Lipinski definition) is 3. The van der Waals surface area contributed by atoms with Crippen molar-refractivity contribution in [2.24, 2.45) is 0 Å². The number of benzene rings is 1. The van der Waals surface area contributed by atoms with E-state index in [1.165, 1.54) is 12.8 Å². The van der Waals surface area contributed by atoms with Gasteiger partial charge >= 0.3 is 0 Å². The number of aliphatic hydroxyl groups is 1. The SMILES string of the molecule is CCN1CCCC1CNC(=O)c1cccc(CCC(C)(C)O)c1. The van der Waals surface area contributed by atoms with Crippen LogP contribution < -0.4 is 5.32 Å². The van der Waals surface area contributed by atoms with Crippen molar-refractivity contribution in [2.75, 3.05) is 19.6 Å². The lowest BCUT2D eigenvalue weighted by molar-refractivity contribution is 0.0714. The molecular weight excluding hydrogens is 288 g/mol. The minimum atomic E-state index is -0.676. The summed E-state index contributed by atoms with van der Waals surface area (Å²) in [7, 11) is 0. The van der Waals surface area contributed by atoms with Gasteiger partial charge in [0.05, 0.1) is 5.60 Å². The van der Waals surface area contributed by atoms with Crippen LogP contribution in [0.5, 0.6) is 0 Å². The Labute approximate surface area is 139 Å². The Morgan fingerprint density at radius 3 is 2.91 bits per heavy atom. The number of nitrogens with zero attached hydrogens (tertiary/aromatic N) is 1. The lowest BCUT2D eigenvalue weighted by atomic mass is 9.98. The van der Waals surface area contributed by atoms with E-state index in [0.29, 0.717) is 18.0 Å². The van der Waals surface area contributed by atoms with Crippen LogP contribution >= 0.6 is 0 Å². The molecule has 2 rings (SSSR count). The summed E-state index contributed by atoms with van der Waals surface area (Å²) in [6.07, 6.45) is 3.85. The van der Waals surface area contributed by atoms with Gasteiger partial charge < -0.3 is 10.4 Å². The molecule has 0 spiro atoms. The zero-order chi connectivity index (χ0) is 16.9. The van der Waals surface area contributed by atoms with Crippen molar-refractivity contribution in [1.29, 1.82) is 0 Å². The van der Waals surface area contributed by atoms with Crippen LogP contribution in [0.4, 0.5) is 0 Å². The Hall–Kier alpha value is -1.39. The molecule has 1 fully saturated rings. The molecule has 1 atom stereocenters. The molecule has 0 bridgehead atoms. The van der Waals surface area contributed by atoms with Crippen molar-refractivity contribution in [1.82, 2.24) is 10.2 Å². The van der Waals surface area contributed by atoms with Gasteiger partial charge in [0.25, 0.3) is 5.91 Å². The largest absolute Gasteiger partial charge is 0.390 e. The third-order valence-electron chi connectivity index (χ3n) is 4.62. The average molecular weight is 318 g/mol. The molecule has 4 heteroatoms. The molecule has 1 unspecified atom stereocenters. The van der Waals surface area contributed by atoms with Gasteiger partial charge in [-0.15, -0.1) is 0 Å². The van der Waals surface area contributed by atoms with Crippen LogP contribution in [0.1, 0.15) is 56.0 Å². The van der Waals surface area contributed by atoms with E-state index in [-0.39, 0.29) is 5.91 Å². The van der Waals surface area contributed by atoms with Gasteiger partial charge in [-0.2, -0.15) is 0 Å². The maximum Gasteiger partial charge on any atom is 0.251 e. The third-order valence-corrected chi connectivity index (χ3v) is 4.62. The molecule has 128 valence electrons. The Bertz CT molecular complexity index is 522. The smallest absolute Gasteiger partial charge is 0.251 e. The van der Waals surface area contributed by atoms with Gasteiger partial charge in [0.2, 0.25) is 0 Å². The normalized spacial score (nSPS) is 19.0. The van der Waals surface area contributed by atoms with Gasteiger partial charge in [-0.3, -0.25) is 9.69 Å². The van der Waals surface area contributed by atoms with Crippen molar-refractivity contribution in [3.8, 4) is 0 Å². The number of carbonyl (C=O) groups is 1. The fourth-order valence-electron chi connectivity index (χ4n) is 3.17. The van der Waals surface area contributed by atoms with Crippen molar-refractivity contribution in [3.63, 3.8) is 0 Å². The van der Waals surface area contributed by atoms with Crippen LogP contribution in [-0.2, 0) is 6.42 Å². The summed E-state index contributed by atoms with van der Waals surface area (Å²) in [5, 5.41) is 12.9. The molecule has 0 radical (unpaired) electrons. The van der Waals surface area contributed by atoms with Crippen molar-refractivity contribution in [3.05, 3.63) is 35.4 Å². The zero-order valence-corrected chi connectivity index (χ0v) is 14.6. The van der Waals surface area contributed by atoms with E-state index < -0.39 is 5.60 Å². The molecule has 0 aliphatic carbocycles. The lowest BCUT2D eigenvalue weighted by Gasteiger charge is -2.23. The molecule has 1 aromatic rings. The zero-order valence-electron chi connectivity index (χ0n) is 14.6. The Morgan fingerprint density at radius 1 is 1.43 bits per heavy atom. The number of rotatable bonds is 7. The second-order valence-corrected chi connectivity index (χ2v) is 7.15. The number of nitrogens with one attached hydrogen (secondary N) is 1. The van der Waals surface area contributed by atoms with E-state index >= 15 is 0 Å². The summed E-state index contributed by atoms with van der Waals surface area (Å²) >= 11 is 0. The Balaban J connectivity index is 1.89. The van der Waals surface area contributed by atoms with Gasteiger partial charge in [-0.1, -0.05) is 19.1 Å². The first-order valence-electron chi connectivity index (χ1n) is 8.72. The molecule has 1 amide bonds. The molecule has 23 heavy (non-hydrogen) atoms. The van der Waals surface area contributed by atoms with Crippen LogP contribution in [0.2, 0.25) is 0 Å². The minimum Gasteiger partial charge on any atom is -0.390 e. The standard InChI is InChI=1S/C19H30N2O2/c1-4-21-12-6-9-17(21)14-20-18(22)16-8-5-7-15(13-16)10-11-19(2,3)23/h5,7-8,13,17,23H,4,6,9-12,14H2,1-3H3,(H,20,22). The molecule has 1 aliphatic rings. The summed E-state index contributed by atoms with van der Waals surface area (Å²) < 4.78 is 0. The molecule has 2 N–H and O–H groups in total. The van der Waals surface area contributed by atoms with Crippen LogP contribution in [0.25, 0.3) is 0 Å². The van der Waals surface area contributed by atoms with Gasteiger partial charge in [-0.05, 0) is 70.3 Å². The molecule has 0 aromatic heterocycles. The van der Waals surface area contributed by atoms with Crippen LogP contribution in [0.3, 0.4) is 0 Å². The number of likely N-dealkylation sites (N-methyl/N-ethyl adjacent to an activating group) is 1. The molecule has 0 saturated carbocycles. The highest BCUT2D eigenvalue weighted by molar-refractivity contribution is 5.94. The van der Waals surface area contributed by atoms with Crippen LogP contribution in [0.15, 0.2) is 24.3 Å². The maximum absolute atomic E-state index is 12.4. The fraction of sp³-hybridized carbons (Fsp3) is 0.632. The number of hydrogen-bond donors (Lipinski definition) is 2. The van der Waals surface area contributed by atoms with Crippen molar-refractivity contribution < 1.29 is 9.90 Å². The molecule has 1 heterocycles. The second kappa shape index (κ2) is 7.93. The molecule has 1 aromatic carbocycles. The maximum atomic E-state index is 12.4. The number of amides is 1.